The van der Waals surface area contributed by atoms with Gasteiger partial charge in [-0.15, -0.1) is 0 Å². The van der Waals surface area contributed by atoms with Crippen LogP contribution in [0.15, 0.2) is 109 Å². The molecule has 0 radical (unpaired) electrons. The van der Waals surface area contributed by atoms with Crippen LogP contribution in [0.4, 0.5) is 5.69 Å². The van der Waals surface area contributed by atoms with Crippen molar-refractivity contribution in [2.45, 2.75) is 6.42 Å². The molecule has 4 rings (SSSR count). The maximum absolute atomic E-state index is 10.9. The van der Waals surface area contributed by atoms with Crippen LogP contribution in [0.1, 0.15) is 11.1 Å². The second-order valence-electron chi connectivity index (χ2n) is 7.03. The van der Waals surface area contributed by atoms with Crippen molar-refractivity contribution in [1.29, 1.82) is 0 Å². The molecule has 148 valence electrons. The van der Waals surface area contributed by atoms with Crippen molar-refractivity contribution in [1.82, 2.24) is 0 Å². The van der Waals surface area contributed by atoms with Crippen LogP contribution >= 0.6 is 21.5 Å². The molecule has 0 amide bonds. The third kappa shape index (κ3) is 4.21. The molecule has 0 spiro atoms. The molecule has 3 nitrogen and oxygen atoms in total. The Labute approximate surface area is 184 Å². The molecule has 0 aliphatic rings. The predicted molar refractivity (Wildman–Crippen MR) is 130 cm³/mol. The fourth-order valence-corrected chi connectivity index (χ4v) is 8.32. The molecule has 0 atom stereocenters. The summed E-state index contributed by atoms with van der Waals surface area (Å²) < 4.78 is 0. The maximum Gasteiger partial charge on any atom is 0.269 e. The second kappa shape index (κ2) is 8.91. The van der Waals surface area contributed by atoms with Crippen LogP contribution in [0.2, 0.25) is 0 Å². The van der Waals surface area contributed by atoms with Gasteiger partial charge in [0.25, 0.3) is 5.69 Å². The zero-order valence-electron chi connectivity index (χ0n) is 16.2. The number of nitrogens with zero attached hydrogens (tertiary/aromatic N) is 1. The summed E-state index contributed by atoms with van der Waals surface area (Å²) in [7, 11) is 0. The number of rotatable bonds is 6. The summed E-state index contributed by atoms with van der Waals surface area (Å²) in [6.07, 6.45) is 0.725. The average molecular weight is 477 g/mol. The number of nitro groups is 1. The molecule has 4 aromatic carbocycles. The largest absolute Gasteiger partial charge is 0.269 e. The number of benzene rings is 4. The van der Waals surface area contributed by atoms with E-state index >= 15 is 0 Å². The lowest BCUT2D eigenvalue weighted by molar-refractivity contribution is -0.384. The van der Waals surface area contributed by atoms with Crippen molar-refractivity contribution in [2.24, 2.45) is 0 Å². The summed E-state index contributed by atoms with van der Waals surface area (Å²) in [5.74, 6) is -1.96. The molecule has 0 heterocycles. The number of nitro benzene ring substituents is 1. The molecule has 30 heavy (non-hydrogen) atoms. The van der Waals surface area contributed by atoms with Gasteiger partial charge in [-0.2, -0.15) is 0 Å². The molecule has 5 heteroatoms. The van der Waals surface area contributed by atoms with E-state index in [-0.39, 0.29) is 10.6 Å². The van der Waals surface area contributed by atoms with E-state index in [2.05, 4.69) is 88.3 Å². The van der Waals surface area contributed by atoms with Gasteiger partial charge in [-0.25, -0.2) is 0 Å². The first-order valence-electron chi connectivity index (χ1n) is 9.60. The van der Waals surface area contributed by atoms with Gasteiger partial charge in [0.15, 0.2) is 21.5 Å². The van der Waals surface area contributed by atoms with Crippen LogP contribution < -0.4 is 15.9 Å². The first kappa shape index (κ1) is 20.5. The van der Waals surface area contributed by atoms with E-state index < -0.39 is 5.96 Å². The topological polar surface area (TPSA) is 43.1 Å². The van der Waals surface area contributed by atoms with E-state index in [0.717, 1.165) is 12.0 Å². The molecule has 0 N–H and O–H groups in total. The van der Waals surface area contributed by atoms with E-state index in [1.807, 2.05) is 24.3 Å². The minimum atomic E-state index is -1.96. The van der Waals surface area contributed by atoms with Crippen LogP contribution in [-0.4, -0.2) is 4.92 Å². The first-order valence-corrected chi connectivity index (χ1v) is 13.4. The van der Waals surface area contributed by atoms with Gasteiger partial charge in [0.1, 0.15) is 15.9 Å². The van der Waals surface area contributed by atoms with Gasteiger partial charge in [0.2, 0.25) is 0 Å². The van der Waals surface area contributed by atoms with E-state index in [0.29, 0.717) is 0 Å². The number of hydrogen-bond acceptors (Lipinski definition) is 2. The van der Waals surface area contributed by atoms with Crippen molar-refractivity contribution in [3.63, 3.8) is 0 Å². The third-order valence-corrected chi connectivity index (χ3v) is 11.7. The summed E-state index contributed by atoms with van der Waals surface area (Å²) in [6.45, 7) is 0. The maximum atomic E-state index is 10.9. The van der Waals surface area contributed by atoms with Gasteiger partial charge in [0.05, 0.1) is 4.92 Å². The molecule has 0 fully saturated rings. The van der Waals surface area contributed by atoms with Crippen molar-refractivity contribution in [2.75, 3.05) is 0 Å². The van der Waals surface area contributed by atoms with E-state index in [1.54, 1.807) is 12.1 Å². The fraction of sp³-hybridized carbons (Fsp3) is 0.0400. The minimum absolute atomic E-state index is 0.117. The zero-order valence-corrected chi connectivity index (χ0v) is 18.7. The van der Waals surface area contributed by atoms with Gasteiger partial charge in [-0.05, 0) is 53.9 Å². The third-order valence-electron chi connectivity index (χ3n) is 5.05. The Bertz CT molecular complexity index is 1110. The molecular weight excluding hydrogens is 457 g/mol. The lowest BCUT2D eigenvalue weighted by Crippen LogP contribution is -2.27. The molecular formula is C25H20BrNO2P+. The molecule has 0 saturated carbocycles. The normalized spacial score (nSPS) is 11.2. The van der Waals surface area contributed by atoms with Crippen LogP contribution in [0.3, 0.4) is 0 Å². The highest BCUT2D eigenvalue weighted by atomic mass is 79.9. The lowest BCUT2D eigenvalue weighted by atomic mass is 10.0. The van der Waals surface area contributed by atoms with E-state index in [4.69, 9.17) is 0 Å². The molecule has 0 unspecified atom stereocenters. The summed E-state index contributed by atoms with van der Waals surface area (Å²) in [5, 5.41) is 14.7. The highest BCUT2D eigenvalue weighted by Crippen LogP contribution is 2.62. The average Bonchev–Trinajstić information content (AvgIpc) is 2.80. The van der Waals surface area contributed by atoms with Crippen molar-refractivity contribution >= 4 is 43.1 Å². The van der Waals surface area contributed by atoms with Gasteiger partial charge in [0, 0.05) is 12.1 Å². The SMILES string of the molecule is O=[N+]([O-])c1ccc(Cc2cccc([P+](Br)(c3ccccc3)c3ccccc3)c2)cc1. The summed E-state index contributed by atoms with van der Waals surface area (Å²) in [4.78, 5) is 10.5. The van der Waals surface area contributed by atoms with Crippen molar-refractivity contribution < 1.29 is 4.92 Å². The van der Waals surface area contributed by atoms with E-state index in [1.165, 1.54) is 21.5 Å². The van der Waals surface area contributed by atoms with Gasteiger partial charge < -0.3 is 0 Å². The molecule has 0 aliphatic carbocycles. The number of hydrogen-bond donors (Lipinski definition) is 0. The fourth-order valence-electron chi connectivity index (χ4n) is 3.54. The molecule has 4 aromatic rings. The Morgan fingerprint density at radius 3 is 1.73 bits per heavy atom. The van der Waals surface area contributed by atoms with Crippen LogP contribution in [0.25, 0.3) is 0 Å². The van der Waals surface area contributed by atoms with Crippen LogP contribution in [-0.2, 0) is 6.42 Å². The number of non-ortho nitro benzene ring substituents is 1. The summed E-state index contributed by atoms with van der Waals surface area (Å²) in [5.41, 5.74) is 2.35. The Hall–Kier alpha value is -2.81. The molecule has 0 aromatic heterocycles. The van der Waals surface area contributed by atoms with Gasteiger partial charge in [-0.1, -0.05) is 60.7 Å². The Kier molecular flexibility index (Phi) is 6.08. The van der Waals surface area contributed by atoms with Crippen LogP contribution in [0.5, 0.6) is 0 Å². The van der Waals surface area contributed by atoms with E-state index in [9.17, 15) is 10.1 Å². The minimum Gasteiger partial charge on any atom is -0.258 e. The second-order valence-corrected chi connectivity index (χ2v) is 12.9. The standard InChI is InChI=1S/C25H20BrNO2P/c26-30(23-9-3-1-4-10-23,24-11-5-2-6-12-24)25-13-7-8-21(19-25)18-20-14-16-22(17-15-20)27(28)29/h1-17,19H,18H2/q+1. The Morgan fingerprint density at radius 1 is 0.667 bits per heavy atom. The highest BCUT2D eigenvalue weighted by Gasteiger charge is 2.43. The van der Waals surface area contributed by atoms with Crippen LogP contribution in [0, 0.1) is 10.1 Å². The number of halogens is 1. The first-order chi connectivity index (χ1) is 14.6. The van der Waals surface area contributed by atoms with Gasteiger partial charge in [-0.3, -0.25) is 10.1 Å². The molecule has 0 bridgehead atoms. The summed E-state index contributed by atoms with van der Waals surface area (Å²) >= 11 is 4.19. The quantitative estimate of drug-likeness (QED) is 0.201. The van der Waals surface area contributed by atoms with Gasteiger partial charge >= 0.3 is 0 Å². The Balaban J connectivity index is 1.73. The predicted octanol–water partition coefficient (Wildman–Crippen LogP) is 5.79. The summed E-state index contributed by atoms with van der Waals surface area (Å²) in [6, 6.07) is 36.5. The molecule has 0 saturated heterocycles. The highest BCUT2D eigenvalue weighted by molar-refractivity contribution is 9.44. The van der Waals surface area contributed by atoms with Crippen molar-refractivity contribution in [3.8, 4) is 0 Å². The lowest BCUT2D eigenvalue weighted by Gasteiger charge is -2.20. The molecule has 0 aliphatic heterocycles. The smallest absolute Gasteiger partial charge is 0.258 e. The zero-order chi connectivity index (χ0) is 21.0. The van der Waals surface area contributed by atoms with Crippen molar-refractivity contribution in [3.05, 3.63) is 130 Å². The monoisotopic (exact) mass is 476 g/mol. The Morgan fingerprint density at radius 2 is 1.20 bits per heavy atom.